The first-order chi connectivity index (χ1) is 15.2. The predicted octanol–water partition coefficient (Wildman–Crippen LogP) is 4.85. The van der Waals surface area contributed by atoms with E-state index >= 15 is 0 Å². The van der Waals surface area contributed by atoms with Crippen molar-refractivity contribution < 1.29 is 23.5 Å². The Hall–Kier alpha value is -2.96. The monoisotopic (exact) mass is 442 g/mol. The number of esters is 1. The number of hydrogen-bond donors (Lipinski definition) is 1. The highest BCUT2D eigenvalue weighted by Gasteiger charge is 2.33. The van der Waals surface area contributed by atoms with Crippen LogP contribution in [0.2, 0.25) is 0 Å². The summed E-state index contributed by atoms with van der Waals surface area (Å²) in [4.78, 5) is 43.6. The number of carbonyl (C=O) groups is 3. The molecule has 0 saturated heterocycles. The number of Topliss-reactive ketones (excluding diaryl/α,β-unsaturated/α-hetero) is 1. The average Bonchev–Trinajstić information content (AvgIpc) is 3.10. The maximum absolute atomic E-state index is 13.6. The molecule has 0 unspecified atom stereocenters. The molecule has 6 nitrogen and oxygen atoms in total. The van der Waals surface area contributed by atoms with Crippen LogP contribution in [0.25, 0.3) is 0 Å². The number of nitrogens with one attached hydrogen (secondary N) is 1. The summed E-state index contributed by atoms with van der Waals surface area (Å²) in [6, 6.07) is 4.66. The van der Waals surface area contributed by atoms with Crippen LogP contribution in [0.5, 0.6) is 0 Å². The van der Waals surface area contributed by atoms with Crippen molar-refractivity contribution in [2.24, 2.45) is 5.92 Å². The molecule has 32 heavy (non-hydrogen) atoms. The SMILES string of the molecule is COC(=O)c1[nH]c(C)c(C(=O)[C@H](C)N(CC2CCCCC2)C(=O)c2ccc(F)cc2)c1C. The van der Waals surface area contributed by atoms with Crippen molar-refractivity contribution in [1.29, 1.82) is 0 Å². The predicted molar refractivity (Wildman–Crippen MR) is 119 cm³/mol. The number of aromatic nitrogens is 1. The largest absolute Gasteiger partial charge is 0.464 e. The number of hydrogen-bond acceptors (Lipinski definition) is 4. The van der Waals surface area contributed by atoms with Crippen LogP contribution in [0.3, 0.4) is 0 Å². The molecule has 1 N–H and O–H groups in total. The molecule has 2 aromatic rings. The van der Waals surface area contributed by atoms with Gasteiger partial charge in [-0.15, -0.1) is 0 Å². The molecule has 0 aliphatic heterocycles. The molecule has 0 radical (unpaired) electrons. The molecule has 1 aliphatic carbocycles. The first-order valence-corrected chi connectivity index (χ1v) is 11.1. The van der Waals surface area contributed by atoms with E-state index in [1.807, 2.05) is 0 Å². The number of aromatic amines is 1. The molecular formula is C25H31FN2O4. The highest BCUT2D eigenvalue weighted by atomic mass is 19.1. The lowest BCUT2D eigenvalue weighted by Gasteiger charge is -2.33. The van der Waals surface area contributed by atoms with Crippen LogP contribution >= 0.6 is 0 Å². The summed E-state index contributed by atoms with van der Waals surface area (Å²) in [6.45, 7) is 5.61. The van der Waals surface area contributed by atoms with Crippen LogP contribution in [-0.2, 0) is 4.74 Å². The minimum Gasteiger partial charge on any atom is -0.464 e. The summed E-state index contributed by atoms with van der Waals surface area (Å²) in [5, 5.41) is 0. The van der Waals surface area contributed by atoms with Gasteiger partial charge in [0.25, 0.3) is 5.91 Å². The number of benzene rings is 1. The van der Waals surface area contributed by atoms with Crippen LogP contribution in [0.4, 0.5) is 4.39 Å². The third-order valence-electron chi connectivity index (χ3n) is 6.45. The van der Waals surface area contributed by atoms with E-state index in [1.54, 1.807) is 25.7 Å². The van der Waals surface area contributed by atoms with Gasteiger partial charge >= 0.3 is 5.97 Å². The van der Waals surface area contributed by atoms with Crippen LogP contribution in [0.1, 0.15) is 81.5 Å². The van der Waals surface area contributed by atoms with Crippen molar-refractivity contribution >= 4 is 17.7 Å². The summed E-state index contributed by atoms with van der Waals surface area (Å²) >= 11 is 0. The van der Waals surface area contributed by atoms with E-state index < -0.39 is 17.8 Å². The maximum Gasteiger partial charge on any atom is 0.354 e. The Balaban J connectivity index is 1.93. The number of H-pyrrole nitrogens is 1. The van der Waals surface area contributed by atoms with Crippen molar-refractivity contribution in [3.05, 3.63) is 58.2 Å². The van der Waals surface area contributed by atoms with Gasteiger partial charge in [0, 0.05) is 23.4 Å². The third kappa shape index (κ3) is 4.92. The van der Waals surface area contributed by atoms with E-state index in [0.717, 1.165) is 25.7 Å². The zero-order chi connectivity index (χ0) is 23.4. The fraction of sp³-hybridized carbons (Fsp3) is 0.480. The van der Waals surface area contributed by atoms with Gasteiger partial charge in [0.1, 0.15) is 11.5 Å². The molecule has 1 aliphatic rings. The molecular weight excluding hydrogens is 411 g/mol. The lowest BCUT2D eigenvalue weighted by molar-refractivity contribution is 0.0577. The van der Waals surface area contributed by atoms with E-state index in [0.29, 0.717) is 34.8 Å². The number of halogens is 1. The summed E-state index contributed by atoms with van der Waals surface area (Å²) in [7, 11) is 1.29. The second-order valence-corrected chi connectivity index (χ2v) is 8.63. The molecule has 0 spiro atoms. The van der Waals surface area contributed by atoms with Crippen molar-refractivity contribution in [3.63, 3.8) is 0 Å². The first-order valence-electron chi connectivity index (χ1n) is 11.1. The Morgan fingerprint density at radius 2 is 1.75 bits per heavy atom. The average molecular weight is 443 g/mol. The number of carbonyl (C=O) groups excluding carboxylic acids is 3. The first kappa shape index (κ1) is 23.7. The van der Waals surface area contributed by atoms with E-state index in [-0.39, 0.29) is 17.4 Å². The normalized spacial score (nSPS) is 15.3. The minimum atomic E-state index is -0.742. The van der Waals surface area contributed by atoms with E-state index in [9.17, 15) is 18.8 Å². The zero-order valence-corrected chi connectivity index (χ0v) is 19.2. The van der Waals surface area contributed by atoms with E-state index in [2.05, 4.69) is 4.98 Å². The lowest BCUT2D eigenvalue weighted by atomic mass is 9.88. The highest BCUT2D eigenvalue weighted by molar-refractivity contribution is 6.07. The molecule has 1 heterocycles. The quantitative estimate of drug-likeness (QED) is 0.491. The van der Waals surface area contributed by atoms with Crippen molar-refractivity contribution in [3.8, 4) is 0 Å². The van der Waals surface area contributed by atoms with Gasteiger partial charge in [0.2, 0.25) is 0 Å². The molecule has 1 aromatic heterocycles. The summed E-state index contributed by atoms with van der Waals surface area (Å²) < 4.78 is 18.2. The van der Waals surface area contributed by atoms with Crippen molar-refractivity contribution in [2.45, 2.75) is 58.9 Å². The second kappa shape index (κ2) is 10.1. The molecule has 0 bridgehead atoms. The number of ether oxygens (including phenoxy) is 1. The van der Waals surface area contributed by atoms with Crippen LogP contribution in [0, 0.1) is 25.6 Å². The van der Waals surface area contributed by atoms with Gasteiger partial charge in [-0.3, -0.25) is 9.59 Å². The molecule has 1 saturated carbocycles. The Bertz CT molecular complexity index is 990. The van der Waals surface area contributed by atoms with E-state index in [4.69, 9.17) is 4.74 Å². The fourth-order valence-electron chi connectivity index (χ4n) is 4.60. The number of amides is 1. The highest BCUT2D eigenvalue weighted by Crippen LogP contribution is 2.28. The van der Waals surface area contributed by atoms with Crippen LogP contribution in [0.15, 0.2) is 24.3 Å². The number of nitrogens with zero attached hydrogens (tertiary/aromatic N) is 1. The third-order valence-corrected chi connectivity index (χ3v) is 6.45. The molecule has 172 valence electrons. The summed E-state index contributed by atoms with van der Waals surface area (Å²) in [6.07, 6.45) is 5.45. The Kier molecular flexibility index (Phi) is 7.48. The van der Waals surface area contributed by atoms with Gasteiger partial charge in [-0.1, -0.05) is 19.3 Å². The van der Waals surface area contributed by atoms with Gasteiger partial charge in [-0.25, -0.2) is 9.18 Å². The number of aryl methyl sites for hydroxylation is 1. The molecule has 1 fully saturated rings. The molecule has 1 amide bonds. The van der Waals surface area contributed by atoms with E-state index in [1.165, 1.54) is 37.8 Å². The number of methoxy groups -OCH3 is 1. The Morgan fingerprint density at radius 1 is 1.12 bits per heavy atom. The van der Waals surface area contributed by atoms with Crippen LogP contribution in [-0.4, -0.2) is 47.2 Å². The van der Waals surface area contributed by atoms with Gasteiger partial charge in [0.15, 0.2) is 5.78 Å². The van der Waals surface area contributed by atoms with Gasteiger partial charge < -0.3 is 14.6 Å². The summed E-state index contributed by atoms with van der Waals surface area (Å²) in [5.74, 6) is -1.17. The fourth-order valence-corrected chi connectivity index (χ4v) is 4.60. The number of rotatable bonds is 7. The standard InChI is InChI=1S/C25H31FN2O4/c1-15-21(16(2)27-22(15)25(31)32-4)23(29)17(3)28(14-18-8-6-5-7-9-18)24(30)19-10-12-20(26)13-11-19/h10-13,17-18,27H,5-9,14H2,1-4H3/t17-/m0/s1. The van der Waals surface area contributed by atoms with Crippen LogP contribution < -0.4 is 0 Å². The Morgan fingerprint density at radius 3 is 2.34 bits per heavy atom. The Labute approximate surface area is 188 Å². The lowest BCUT2D eigenvalue weighted by Crippen LogP contribution is -2.46. The molecule has 7 heteroatoms. The van der Waals surface area contributed by atoms with Gasteiger partial charge in [-0.05, 0) is 69.4 Å². The van der Waals surface area contributed by atoms with Gasteiger partial charge in [-0.2, -0.15) is 0 Å². The molecule has 3 rings (SSSR count). The van der Waals surface area contributed by atoms with Crippen molar-refractivity contribution in [1.82, 2.24) is 9.88 Å². The number of ketones is 1. The second-order valence-electron chi connectivity index (χ2n) is 8.63. The smallest absolute Gasteiger partial charge is 0.354 e. The minimum absolute atomic E-state index is 0.238. The zero-order valence-electron chi connectivity index (χ0n) is 19.2. The maximum atomic E-state index is 13.6. The molecule has 1 atom stereocenters. The summed E-state index contributed by atoms with van der Waals surface area (Å²) in [5.41, 5.74) is 2.06. The van der Waals surface area contributed by atoms with Gasteiger partial charge in [0.05, 0.1) is 13.2 Å². The van der Waals surface area contributed by atoms with Crippen molar-refractivity contribution in [2.75, 3.05) is 13.7 Å². The molecule has 1 aromatic carbocycles. The topological polar surface area (TPSA) is 79.5 Å².